The fourth-order valence-corrected chi connectivity index (χ4v) is 2.34. The van der Waals surface area contributed by atoms with Gasteiger partial charge in [0.2, 0.25) is 0 Å². The second kappa shape index (κ2) is 8.25. The van der Waals surface area contributed by atoms with Crippen molar-refractivity contribution < 1.29 is 28.7 Å². The molecule has 0 aromatic heterocycles. The fraction of sp³-hybridized carbons (Fsp3) is 0.375. The minimum absolute atomic E-state index is 0.230. The highest BCUT2D eigenvalue weighted by Crippen LogP contribution is 2.26. The number of benzene rings is 1. The molecule has 0 radical (unpaired) electrons. The Bertz CT molecular complexity index is 703. The third kappa shape index (κ3) is 4.32. The lowest BCUT2D eigenvalue weighted by Crippen LogP contribution is -2.33. The van der Waals surface area contributed by atoms with Gasteiger partial charge in [-0.3, -0.25) is 19.3 Å². The first-order valence-electron chi connectivity index (χ1n) is 7.58. The molecule has 134 valence electrons. The summed E-state index contributed by atoms with van der Waals surface area (Å²) in [5, 5.41) is 4.81. The maximum Gasteiger partial charge on any atom is 0.325 e. The van der Waals surface area contributed by atoms with Crippen LogP contribution >= 0.6 is 0 Å². The molecule has 0 saturated heterocycles. The van der Waals surface area contributed by atoms with Crippen molar-refractivity contribution in [3.8, 4) is 0 Å². The van der Waals surface area contributed by atoms with E-state index in [2.05, 4.69) is 15.4 Å². The zero-order chi connectivity index (χ0) is 18.4. The Balaban J connectivity index is 2.03. The Morgan fingerprint density at radius 3 is 2.52 bits per heavy atom. The van der Waals surface area contributed by atoms with Gasteiger partial charge in [0.05, 0.1) is 18.2 Å². The summed E-state index contributed by atoms with van der Waals surface area (Å²) in [5.74, 6) is -1.36. The Morgan fingerprint density at radius 2 is 1.84 bits per heavy atom. The number of ether oxygens (including phenoxy) is 2. The zero-order valence-electron chi connectivity index (χ0n) is 14.0. The number of nitrogens with zero attached hydrogens (tertiary/aromatic N) is 1. The van der Waals surface area contributed by atoms with Crippen molar-refractivity contribution in [1.82, 2.24) is 10.2 Å². The van der Waals surface area contributed by atoms with Crippen LogP contribution in [0.1, 0.15) is 27.1 Å². The molecule has 1 aromatic carbocycles. The molecule has 0 unspecified atom stereocenters. The maximum absolute atomic E-state index is 12.4. The number of fused-ring (bicyclic) bond motifs is 1. The summed E-state index contributed by atoms with van der Waals surface area (Å²) in [6, 6.07) is 3.81. The van der Waals surface area contributed by atoms with Crippen LogP contribution in [0.25, 0.3) is 0 Å². The number of methoxy groups -OCH3 is 2. The Morgan fingerprint density at radius 1 is 1.12 bits per heavy atom. The third-order valence-electron chi connectivity index (χ3n) is 3.58. The number of hydrogen-bond donors (Lipinski definition) is 2. The molecule has 1 aliphatic rings. The number of nitrogens with one attached hydrogen (secondary N) is 2. The number of esters is 1. The molecule has 0 bridgehead atoms. The quantitative estimate of drug-likeness (QED) is 0.424. The Kier molecular flexibility index (Phi) is 6.07. The number of rotatable bonds is 7. The second-order valence-electron chi connectivity index (χ2n) is 5.25. The molecule has 1 heterocycles. The van der Waals surface area contributed by atoms with Crippen LogP contribution in [0, 0.1) is 0 Å². The molecule has 1 aromatic rings. The normalized spacial score (nSPS) is 12.8. The molecule has 0 saturated carbocycles. The highest BCUT2D eigenvalue weighted by molar-refractivity contribution is 6.21. The van der Waals surface area contributed by atoms with E-state index in [1.54, 1.807) is 7.11 Å². The summed E-state index contributed by atoms with van der Waals surface area (Å²) >= 11 is 0. The molecule has 9 nitrogen and oxygen atoms in total. The molecule has 0 fully saturated rings. The smallest absolute Gasteiger partial charge is 0.325 e. The van der Waals surface area contributed by atoms with E-state index < -0.39 is 17.9 Å². The predicted octanol–water partition coefficient (Wildman–Crippen LogP) is 0.614. The molecule has 0 atom stereocenters. The van der Waals surface area contributed by atoms with Crippen molar-refractivity contribution in [2.24, 2.45) is 0 Å². The number of urea groups is 1. The Hall–Kier alpha value is -2.94. The predicted molar refractivity (Wildman–Crippen MR) is 87.3 cm³/mol. The molecule has 0 spiro atoms. The molecule has 9 heteroatoms. The molecule has 1 aliphatic heterocycles. The number of carbonyl (C=O) groups is 4. The van der Waals surface area contributed by atoms with E-state index in [9.17, 15) is 19.2 Å². The van der Waals surface area contributed by atoms with E-state index >= 15 is 0 Å². The lowest BCUT2D eigenvalue weighted by atomic mass is 10.1. The van der Waals surface area contributed by atoms with Crippen LogP contribution in [0.4, 0.5) is 10.5 Å². The lowest BCUT2D eigenvalue weighted by Gasteiger charge is -2.12. The van der Waals surface area contributed by atoms with Crippen LogP contribution in [-0.4, -0.2) is 62.6 Å². The van der Waals surface area contributed by atoms with Gasteiger partial charge in [0.25, 0.3) is 11.8 Å². The zero-order valence-corrected chi connectivity index (χ0v) is 14.0. The fourth-order valence-electron chi connectivity index (χ4n) is 2.34. The minimum atomic E-state index is -0.626. The highest BCUT2D eigenvalue weighted by atomic mass is 16.5. The summed E-state index contributed by atoms with van der Waals surface area (Å²) in [6.07, 6.45) is 0.545. The summed E-state index contributed by atoms with van der Waals surface area (Å²) in [7, 11) is 2.76. The summed E-state index contributed by atoms with van der Waals surface area (Å²) < 4.78 is 9.33. The van der Waals surface area contributed by atoms with E-state index in [1.165, 1.54) is 25.3 Å². The van der Waals surface area contributed by atoms with Gasteiger partial charge in [-0.15, -0.1) is 0 Å². The second-order valence-corrected chi connectivity index (χ2v) is 5.25. The van der Waals surface area contributed by atoms with Crippen molar-refractivity contribution in [2.75, 3.05) is 39.2 Å². The van der Waals surface area contributed by atoms with Gasteiger partial charge in [0.15, 0.2) is 0 Å². The third-order valence-corrected chi connectivity index (χ3v) is 3.58. The molecular weight excluding hydrogens is 330 g/mol. The number of imide groups is 1. The molecule has 2 N–H and O–H groups in total. The van der Waals surface area contributed by atoms with Crippen molar-refractivity contribution in [2.45, 2.75) is 6.42 Å². The highest BCUT2D eigenvalue weighted by Gasteiger charge is 2.35. The van der Waals surface area contributed by atoms with Crippen molar-refractivity contribution in [1.29, 1.82) is 0 Å². The van der Waals surface area contributed by atoms with E-state index in [0.717, 1.165) is 4.90 Å². The van der Waals surface area contributed by atoms with Crippen LogP contribution in [-0.2, 0) is 14.3 Å². The van der Waals surface area contributed by atoms with Crippen LogP contribution in [0.2, 0.25) is 0 Å². The lowest BCUT2D eigenvalue weighted by molar-refractivity contribution is -0.139. The van der Waals surface area contributed by atoms with Crippen molar-refractivity contribution >= 4 is 29.5 Å². The van der Waals surface area contributed by atoms with Gasteiger partial charge in [0, 0.05) is 25.9 Å². The van der Waals surface area contributed by atoms with Crippen LogP contribution in [0.5, 0.6) is 0 Å². The Labute approximate surface area is 144 Å². The number of anilines is 1. The van der Waals surface area contributed by atoms with Gasteiger partial charge in [-0.1, -0.05) is 0 Å². The summed E-state index contributed by atoms with van der Waals surface area (Å²) in [4.78, 5) is 48.5. The SMILES string of the molecule is COCCCN1C(=O)c2ccc(NC(=O)NCC(=O)OC)cc2C1=O. The first-order chi connectivity index (χ1) is 12.0. The van der Waals surface area contributed by atoms with Gasteiger partial charge < -0.3 is 20.1 Å². The largest absolute Gasteiger partial charge is 0.468 e. The van der Waals surface area contributed by atoms with Gasteiger partial charge in [-0.2, -0.15) is 0 Å². The van der Waals surface area contributed by atoms with Crippen LogP contribution < -0.4 is 10.6 Å². The van der Waals surface area contributed by atoms with Crippen molar-refractivity contribution in [3.05, 3.63) is 29.3 Å². The van der Waals surface area contributed by atoms with Gasteiger partial charge >= 0.3 is 12.0 Å². The van der Waals surface area contributed by atoms with Gasteiger partial charge in [-0.25, -0.2) is 4.79 Å². The average Bonchev–Trinajstić information content (AvgIpc) is 2.84. The molecular formula is C16H19N3O6. The molecule has 4 amide bonds. The number of hydrogen-bond acceptors (Lipinski definition) is 6. The van der Waals surface area contributed by atoms with E-state index in [4.69, 9.17) is 4.74 Å². The molecule has 25 heavy (non-hydrogen) atoms. The average molecular weight is 349 g/mol. The first kappa shape index (κ1) is 18.4. The van der Waals surface area contributed by atoms with E-state index in [0.29, 0.717) is 24.3 Å². The standard InChI is InChI=1S/C16H19N3O6/c1-24-7-3-6-19-14(21)11-5-4-10(8-12(11)15(19)22)18-16(23)17-9-13(20)25-2/h4-5,8H,3,6-7,9H2,1-2H3,(H2,17,18,23). The molecule has 0 aliphatic carbocycles. The van der Waals surface area contributed by atoms with E-state index in [1.807, 2.05) is 0 Å². The summed E-state index contributed by atoms with van der Waals surface area (Å²) in [6.45, 7) is 0.432. The number of amides is 4. The topological polar surface area (TPSA) is 114 Å². The molecule has 2 rings (SSSR count). The maximum atomic E-state index is 12.4. The van der Waals surface area contributed by atoms with Gasteiger partial charge in [0.1, 0.15) is 6.54 Å². The first-order valence-corrected chi connectivity index (χ1v) is 7.58. The van der Waals surface area contributed by atoms with Crippen LogP contribution in [0.3, 0.4) is 0 Å². The van der Waals surface area contributed by atoms with E-state index in [-0.39, 0.29) is 24.6 Å². The monoisotopic (exact) mass is 349 g/mol. The van der Waals surface area contributed by atoms with Gasteiger partial charge in [-0.05, 0) is 24.6 Å². The van der Waals surface area contributed by atoms with Crippen LogP contribution in [0.15, 0.2) is 18.2 Å². The number of carbonyl (C=O) groups excluding carboxylic acids is 4. The van der Waals surface area contributed by atoms with Crippen molar-refractivity contribution in [3.63, 3.8) is 0 Å². The minimum Gasteiger partial charge on any atom is -0.468 e. The summed E-state index contributed by atoms with van der Waals surface area (Å²) in [5.41, 5.74) is 0.858.